The molecule has 1 N–H and O–H groups in total. The second-order valence-corrected chi connectivity index (χ2v) is 6.36. The summed E-state index contributed by atoms with van der Waals surface area (Å²) in [6.07, 6.45) is 2.69. The summed E-state index contributed by atoms with van der Waals surface area (Å²) in [5, 5.41) is 10.0. The summed E-state index contributed by atoms with van der Waals surface area (Å²) in [5.74, 6) is -1.19. The van der Waals surface area contributed by atoms with E-state index in [0.717, 1.165) is 16.5 Å². The van der Waals surface area contributed by atoms with Crippen LogP contribution in [0.4, 0.5) is 0 Å². The quantitative estimate of drug-likeness (QED) is 0.721. The smallest absolute Gasteiger partial charge is 0.341 e. The van der Waals surface area contributed by atoms with Crippen LogP contribution in [0.5, 0.6) is 0 Å². The number of hydrogen-bond acceptors (Lipinski definition) is 3. The summed E-state index contributed by atoms with van der Waals surface area (Å²) >= 11 is 1.68. The second kappa shape index (κ2) is 6.93. The van der Waals surface area contributed by atoms with Crippen molar-refractivity contribution in [1.82, 2.24) is 4.57 Å². The Bertz CT molecular complexity index is 945. The lowest BCUT2D eigenvalue weighted by Gasteiger charge is -2.12. The number of hydrogen-bond donors (Lipinski definition) is 1. The lowest BCUT2D eigenvalue weighted by atomic mass is 10.1. The van der Waals surface area contributed by atoms with Crippen LogP contribution in [0, 0.1) is 0 Å². The fourth-order valence-electron chi connectivity index (χ4n) is 2.74. The SMILES string of the molecule is CSc1ccc(CCn2c(=O)c(C(=O)O)cc3ccccc32)cc1. The maximum absolute atomic E-state index is 12.5. The van der Waals surface area contributed by atoms with Gasteiger partial charge in [-0.25, -0.2) is 4.79 Å². The molecule has 0 aliphatic rings. The van der Waals surface area contributed by atoms with Crippen LogP contribution in [0.15, 0.2) is 64.3 Å². The number of thioether (sulfide) groups is 1. The molecule has 0 saturated heterocycles. The molecule has 0 atom stereocenters. The molecule has 1 heterocycles. The van der Waals surface area contributed by atoms with Gasteiger partial charge in [0.25, 0.3) is 5.56 Å². The van der Waals surface area contributed by atoms with E-state index in [-0.39, 0.29) is 5.56 Å². The first-order valence-electron chi connectivity index (χ1n) is 7.59. The monoisotopic (exact) mass is 339 g/mol. The molecule has 24 heavy (non-hydrogen) atoms. The number of nitrogens with zero attached hydrogens (tertiary/aromatic N) is 1. The molecule has 1 aromatic heterocycles. The van der Waals surface area contributed by atoms with E-state index in [1.807, 2.05) is 42.7 Å². The molecular weight excluding hydrogens is 322 g/mol. The van der Waals surface area contributed by atoms with E-state index in [9.17, 15) is 14.7 Å². The molecular formula is C19H17NO3S. The fourth-order valence-corrected chi connectivity index (χ4v) is 3.14. The number of carboxylic acids is 1. The number of carbonyl (C=O) groups is 1. The Kier molecular flexibility index (Phi) is 4.71. The highest BCUT2D eigenvalue weighted by molar-refractivity contribution is 7.98. The van der Waals surface area contributed by atoms with Crippen LogP contribution in [0.1, 0.15) is 15.9 Å². The van der Waals surface area contributed by atoms with E-state index in [1.54, 1.807) is 16.3 Å². The van der Waals surface area contributed by atoms with Crippen LogP contribution in [-0.4, -0.2) is 21.9 Å². The Labute approximate surface area is 143 Å². The topological polar surface area (TPSA) is 59.3 Å². The van der Waals surface area contributed by atoms with E-state index in [2.05, 4.69) is 12.1 Å². The van der Waals surface area contributed by atoms with E-state index in [1.165, 1.54) is 11.0 Å². The Hall–Kier alpha value is -2.53. The van der Waals surface area contributed by atoms with Gasteiger partial charge in [-0.1, -0.05) is 30.3 Å². The van der Waals surface area contributed by atoms with Crippen molar-refractivity contribution in [3.8, 4) is 0 Å². The van der Waals surface area contributed by atoms with Gasteiger partial charge in [-0.3, -0.25) is 4.79 Å². The fraction of sp³-hybridized carbons (Fsp3) is 0.158. The Balaban J connectivity index is 1.99. The Morgan fingerprint density at radius 3 is 2.50 bits per heavy atom. The zero-order valence-corrected chi connectivity index (χ0v) is 14.0. The lowest BCUT2D eigenvalue weighted by Crippen LogP contribution is -2.27. The Morgan fingerprint density at radius 2 is 1.83 bits per heavy atom. The number of benzene rings is 2. The zero-order valence-electron chi connectivity index (χ0n) is 13.2. The predicted octanol–water partition coefficient (Wildman–Crippen LogP) is 3.66. The predicted molar refractivity (Wildman–Crippen MR) is 97.1 cm³/mol. The highest BCUT2D eigenvalue weighted by Crippen LogP contribution is 2.17. The molecule has 0 unspecified atom stereocenters. The third-order valence-electron chi connectivity index (χ3n) is 4.02. The minimum atomic E-state index is -1.19. The minimum Gasteiger partial charge on any atom is -0.477 e. The average Bonchev–Trinajstić information content (AvgIpc) is 2.60. The largest absolute Gasteiger partial charge is 0.477 e. The molecule has 0 spiro atoms. The number of aromatic carboxylic acids is 1. The van der Waals surface area contributed by atoms with Crippen LogP contribution in [0.3, 0.4) is 0 Å². The first-order valence-corrected chi connectivity index (χ1v) is 8.81. The highest BCUT2D eigenvalue weighted by Gasteiger charge is 2.14. The molecule has 0 saturated carbocycles. The molecule has 3 aromatic rings. The maximum atomic E-state index is 12.5. The molecule has 3 rings (SSSR count). The van der Waals surface area contributed by atoms with Crippen molar-refractivity contribution in [3.63, 3.8) is 0 Å². The van der Waals surface area contributed by atoms with Crippen molar-refractivity contribution < 1.29 is 9.90 Å². The lowest BCUT2D eigenvalue weighted by molar-refractivity contribution is 0.0694. The van der Waals surface area contributed by atoms with Gasteiger partial charge in [-0.05, 0) is 47.9 Å². The van der Waals surface area contributed by atoms with Crippen LogP contribution in [0.2, 0.25) is 0 Å². The summed E-state index contributed by atoms with van der Waals surface area (Å²) in [6, 6.07) is 17.0. The van der Waals surface area contributed by atoms with E-state index in [4.69, 9.17) is 0 Å². The third kappa shape index (κ3) is 3.21. The minimum absolute atomic E-state index is 0.188. The number of aromatic nitrogens is 1. The van der Waals surface area contributed by atoms with Crippen LogP contribution in [-0.2, 0) is 13.0 Å². The van der Waals surface area contributed by atoms with Crippen LogP contribution >= 0.6 is 11.8 Å². The van der Waals surface area contributed by atoms with E-state index >= 15 is 0 Å². The molecule has 4 nitrogen and oxygen atoms in total. The number of pyridine rings is 1. The normalized spacial score (nSPS) is 10.9. The molecule has 0 bridgehead atoms. The average molecular weight is 339 g/mol. The number of carboxylic acid groups (broad SMARTS) is 1. The molecule has 0 aliphatic carbocycles. The van der Waals surface area contributed by atoms with Gasteiger partial charge in [-0.15, -0.1) is 11.8 Å². The summed E-state index contributed by atoms with van der Waals surface area (Å²) in [5.41, 5.74) is 1.23. The second-order valence-electron chi connectivity index (χ2n) is 5.48. The summed E-state index contributed by atoms with van der Waals surface area (Å²) in [4.78, 5) is 25.1. The van der Waals surface area contributed by atoms with Crippen molar-refractivity contribution >= 4 is 28.6 Å². The van der Waals surface area contributed by atoms with Gasteiger partial charge < -0.3 is 9.67 Å². The van der Waals surface area contributed by atoms with Crippen molar-refractivity contribution in [1.29, 1.82) is 0 Å². The zero-order chi connectivity index (χ0) is 17.1. The van der Waals surface area contributed by atoms with Gasteiger partial charge in [0, 0.05) is 11.4 Å². The van der Waals surface area contributed by atoms with Gasteiger partial charge in [0.15, 0.2) is 0 Å². The number of aryl methyl sites for hydroxylation is 2. The molecule has 0 amide bonds. The molecule has 0 aliphatic heterocycles. The van der Waals surface area contributed by atoms with Crippen molar-refractivity contribution in [2.45, 2.75) is 17.9 Å². The van der Waals surface area contributed by atoms with Crippen molar-refractivity contribution in [2.24, 2.45) is 0 Å². The van der Waals surface area contributed by atoms with Gasteiger partial charge in [0.2, 0.25) is 0 Å². The summed E-state index contributed by atoms with van der Waals surface area (Å²) in [6.45, 7) is 0.444. The maximum Gasteiger partial charge on any atom is 0.341 e. The number of rotatable bonds is 5. The van der Waals surface area contributed by atoms with Gasteiger partial charge in [0.1, 0.15) is 5.56 Å². The first-order chi connectivity index (χ1) is 11.6. The van der Waals surface area contributed by atoms with Crippen LogP contribution in [0.25, 0.3) is 10.9 Å². The van der Waals surface area contributed by atoms with E-state index < -0.39 is 11.5 Å². The molecule has 122 valence electrons. The third-order valence-corrected chi connectivity index (χ3v) is 4.76. The standard InChI is InChI=1S/C19H17NO3S/c1-24-15-8-6-13(7-9-15)10-11-20-17-5-3-2-4-14(17)12-16(18(20)21)19(22)23/h2-9,12H,10-11H2,1H3,(H,22,23). The van der Waals surface area contributed by atoms with Gasteiger partial charge in [0.05, 0.1) is 5.52 Å². The van der Waals surface area contributed by atoms with Crippen LogP contribution < -0.4 is 5.56 Å². The van der Waals surface area contributed by atoms with Crippen molar-refractivity contribution in [3.05, 3.63) is 76.1 Å². The number of para-hydroxylation sites is 1. The van der Waals surface area contributed by atoms with Gasteiger partial charge >= 0.3 is 5.97 Å². The molecule has 2 aromatic carbocycles. The molecule has 0 fully saturated rings. The summed E-state index contributed by atoms with van der Waals surface area (Å²) in [7, 11) is 0. The summed E-state index contributed by atoms with van der Waals surface area (Å²) < 4.78 is 1.56. The highest BCUT2D eigenvalue weighted by atomic mass is 32.2. The first kappa shape index (κ1) is 16.3. The molecule has 5 heteroatoms. The van der Waals surface area contributed by atoms with E-state index in [0.29, 0.717) is 13.0 Å². The number of fused-ring (bicyclic) bond motifs is 1. The van der Waals surface area contributed by atoms with Gasteiger partial charge in [-0.2, -0.15) is 0 Å². The van der Waals surface area contributed by atoms with Crippen molar-refractivity contribution in [2.75, 3.05) is 6.26 Å². The Morgan fingerprint density at radius 1 is 1.12 bits per heavy atom. The molecule has 0 radical (unpaired) electrons.